The van der Waals surface area contributed by atoms with E-state index in [4.69, 9.17) is 15.0 Å². The quantitative estimate of drug-likeness (QED) is 0.305. The number of hydrogen-bond donors (Lipinski definition) is 2. The Labute approximate surface area is 211 Å². The number of carbonyl (C=O) groups is 1. The second-order valence-corrected chi connectivity index (χ2v) is 12.2. The van der Waals surface area contributed by atoms with E-state index in [-0.39, 0.29) is 0 Å². The predicted octanol–water partition coefficient (Wildman–Crippen LogP) is 6.95. The van der Waals surface area contributed by atoms with E-state index in [0.29, 0.717) is 5.92 Å². The van der Waals surface area contributed by atoms with Crippen molar-refractivity contribution in [3.05, 3.63) is 90.1 Å². The van der Waals surface area contributed by atoms with Gasteiger partial charge in [-0.05, 0) is 84.7 Å². The summed E-state index contributed by atoms with van der Waals surface area (Å²) in [7, 11) is -3.30. The van der Waals surface area contributed by atoms with Crippen LogP contribution in [-0.2, 0) is 14.6 Å². The van der Waals surface area contributed by atoms with Crippen LogP contribution >= 0.6 is 0 Å². The molecule has 7 heteroatoms. The summed E-state index contributed by atoms with van der Waals surface area (Å²) in [6.45, 7) is 3.53. The minimum absolute atomic E-state index is 0.709. The Kier molecular flexibility index (Phi) is 6.87. The lowest BCUT2D eigenvalue weighted by Gasteiger charge is -2.24. The van der Waals surface area contributed by atoms with Crippen molar-refractivity contribution in [3.63, 3.8) is 0 Å². The standard InChI is InChI=1S/C28H27NO2S.CH2O3/c1-28(2,32(3,30)31)25-17-24-11-6-14-29-27(24)26(18-25)23-10-5-9-22(16-23)21-8-4-7-20(15-21)19-12-13-19;2-1(3)4/h4-11,14-19H,12-13H2,1-3H3;(H2,2,3,4). The zero-order valence-corrected chi connectivity index (χ0v) is 21.3. The third kappa shape index (κ3) is 5.41. The highest BCUT2D eigenvalue weighted by Crippen LogP contribution is 2.42. The van der Waals surface area contributed by atoms with E-state index in [2.05, 4.69) is 53.5 Å². The molecule has 1 fully saturated rings. The first-order valence-electron chi connectivity index (χ1n) is 11.7. The molecule has 0 aliphatic heterocycles. The molecule has 6 nitrogen and oxygen atoms in total. The summed E-state index contributed by atoms with van der Waals surface area (Å²) in [5, 5.41) is 14.9. The molecule has 5 rings (SSSR count). The number of rotatable bonds is 5. The van der Waals surface area contributed by atoms with Crippen molar-refractivity contribution in [2.24, 2.45) is 0 Å². The molecule has 0 radical (unpaired) electrons. The molecule has 1 heterocycles. The fourth-order valence-electron chi connectivity index (χ4n) is 4.23. The Balaban J connectivity index is 0.000000709. The second-order valence-electron chi connectivity index (χ2n) is 9.64. The fourth-order valence-corrected chi connectivity index (χ4v) is 4.78. The average molecular weight is 504 g/mol. The lowest BCUT2D eigenvalue weighted by molar-refractivity contribution is 0.137. The summed E-state index contributed by atoms with van der Waals surface area (Å²) in [5.74, 6) is 0.709. The van der Waals surface area contributed by atoms with Gasteiger partial charge in [0.1, 0.15) is 0 Å². The smallest absolute Gasteiger partial charge is 0.450 e. The van der Waals surface area contributed by atoms with Crippen LogP contribution in [0.1, 0.15) is 43.7 Å². The maximum absolute atomic E-state index is 12.6. The summed E-state index contributed by atoms with van der Waals surface area (Å²) in [5.41, 5.74) is 7.42. The minimum atomic E-state index is -3.30. The van der Waals surface area contributed by atoms with Crippen LogP contribution in [-0.4, -0.2) is 36.0 Å². The molecule has 1 aromatic heterocycles. The van der Waals surface area contributed by atoms with E-state index in [1.54, 1.807) is 20.0 Å². The first-order valence-corrected chi connectivity index (χ1v) is 13.6. The molecule has 4 aromatic rings. The first kappa shape index (κ1) is 25.4. The number of fused-ring (bicyclic) bond motifs is 1. The zero-order chi connectivity index (χ0) is 26.1. The van der Waals surface area contributed by atoms with Crippen LogP contribution in [0.5, 0.6) is 0 Å². The van der Waals surface area contributed by atoms with Crippen LogP contribution in [0.2, 0.25) is 0 Å². The zero-order valence-electron chi connectivity index (χ0n) is 20.5. The lowest BCUT2D eigenvalue weighted by atomic mass is 9.92. The van der Waals surface area contributed by atoms with Crippen molar-refractivity contribution in [1.82, 2.24) is 4.98 Å². The maximum Gasteiger partial charge on any atom is 0.503 e. The highest BCUT2D eigenvalue weighted by molar-refractivity contribution is 7.91. The first-order chi connectivity index (χ1) is 17.0. The SMILES string of the molecule is CC(C)(c1cc(-c2cccc(-c3cccc(C4CC4)c3)c2)c2ncccc2c1)S(C)(=O)=O.O=C(O)O. The van der Waals surface area contributed by atoms with E-state index in [1.165, 1.54) is 30.2 Å². The molecular weight excluding hydrogens is 474 g/mol. The Hall–Kier alpha value is -3.71. The molecule has 1 aliphatic carbocycles. The lowest BCUT2D eigenvalue weighted by Crippen LogP contribution is -2.28. The van der Waals surface area contributed by atoms with Crippen molar-refractivity contribution in [2.75, 3.05) is 6.26 Å². The number of nitrogens with zero attached hydrogens (tertiary/aromatic N) is 1. The molecule has 0 bridgehead atoms. The van der Waals surface area contributed by atoms with Crippen LogP contribution in [0.25, 0.3) is 33.2 Å². The molecule has 0 spiro atoms. The molecule has 0 unspecified atom stereocenters. The van der Waals surface area contributed by atoms with Crippen molar-refractivity contribution in [1.29, 1.82) is 0 Å². The number of benzene rings is 3. The normalized spacial score (nSPS) is 13.6. The molecule has 1 aliphatic rings. The molecule has 186 valence electrons. The largest absolute Gasteiger partial charge is 0.503 e. The van der Waals surface area contributed by atoms with Gasteiger partial charge in [0.25, 0.3) is 0 Å². The van der Waals surface area contributed by atoms with Crippen LogP contribution in [0.4, 0.5) is 4.79 Å². The van der Waals surface area contributed by atoms with E-state index in [9.17, 15) is 8.42 Å². The van der Waals surface area contributed by atoms with Gasteiger partial charge >= 0.3 is 6.16 Å². The Morgan fingerprint density at radius 2 is 1.50 bits per heavy atom. The third-order valence-electron chi connectivity index (χ3n) is 6.77. The van der Waals surface area contributed by atoms with E-state index >= 15 is 0 Å². The number of carboxylic acid groups (broad SMARTS) is 2. The van der Waals surface area contributed by atoms with Gasteiger partial charge < -0.3 is 10.2 Å². The third-order valence-corrected chi connectivity index (χ3v) is 8.86. The highest BCUT2D eigenvalue weighted by atomic mass is 32.2. The summed E-state index contributed by atoms with van der Waals surface area (Å²) >= 11 is 0. The molecule has 2 N–H and O–H groups in total. The molecule has 36 heavy (non-hydrogen) atoms. The van der Waals surface area contributed by atoms with Gasteiger partial charge in [-0.2, -0.15) is 0 Å². The van der Waals surface area contributed by atoms with Crippen LogP contribution < -0.4 is 0 Å². The Bertz CT molecular complexity index is 1530. The van der Waals surface area contributed by atoms with E-state index in [1.807, 2.05) is 24.3 Å². The molecule has 0 saturated heterocycles. The van der Waals surface area contributed by atoms with Gasteiger partial charge in [-0.15, -0.1) is 0 Å². The maximum atomic E-state index is 12.6. The molecule has 0 amide bonds. The molecular formula is C29H29NO5S. The number of aromatic nitrogens is 1. The fraction of sp³-hybridized carbons (Fsp3) is 0.241. The highest BCUT2D eigenvalue weighted by Gasteiger charge is 2.33. The number of sulfone groups is 1. The van der Waals surface area contributed by atoms with Gasteiger partial charge in [-0.1, -0.05) is 48.5 Å². The molecule has 0 atom stereocenters. The van der Waals surface area contributed by atoms with Crippen molar-refractivity contribution >= 4 is 26.9 Å². The molecule has 1 saturated carbocycles. The summed E-state index contributed by atoms with van der Waals surface area (Å²) in [6, 6.07) is 25.1. The van der Waals surface area contributed by atoms with Gasteiger partial charge in [0.15, 0.2) is 9.84 Å². The van der Waals surface area contributed by atoms with E-state index in [0.717, 1.165) is 33.2 Å². The van der Waals surface area contributed by atoms with Gasteiger partial charge in [0, 0.05) is 23.4 Å². The summed E-state index contributed by atoms with van der Waals surface area (Å²) in [4.78, 5) is 13.2. The Morgan fingerprint density at radius 1 is 0.889 bits per heavy atom. The predicted molar refractivity (Wildman–Crippen MR) is 143 cm³/mol. The van der Waals surface area contributed by atoms with Gasteiger partial charge in [0.05, 0.1) is 10.3 Å². The van der Waals surface area contributed by atoms with Gasteiger partial charge in [0.2, 0.25) is 0 Å². The van der Waals surface area contributed by atoms with Crippen LogP contribution in [0.3, 0.4) is 0 Å². The van der Waals surface area contributed by atoms with Crippen molar-refractivity contribution < 1.29 is 23.4 Å². The minimum Gasteiger partial charge on any atom is -0.450 e. The monoisotopic (exact) mass is 503 g/mol. The van der Waals surface area contributed by atoms with Crippen molar-refractivity contribution in [3.8, 4) is 22.3 Å². The van der Waals surface area contributed by atoms with Crippen LogP contribution in [0.15, 0.2) is 79.0 Å². The molecule has 3 aromatic carbocycles. The second kappa shape index (κ2) is 9.74. The van der Waals surface area contributed by atoms with Gasteiger partial charge in [-0.3, -0.25) is 4.98 Å². The average Bonchev–Trinajstić information content (AvgIpc) is 3.68. The summed E-state index contributed by atoms with van der Waals surface area (Å²) < 4.78 is 24.1. The van der Waals surface area contributed by atoms with E-state index < -0.39 is 20.7 Å². The van der Waals surface area contributed by atoms with Gasteiger partial charge in [-0.25, -0.2) is 13.2 Å². The Morgan fingerprint density at radius 3 is 2.14 bits per heavy atom. The number of hydrogen-bond acceptors (Lipinski definition) is 4. The van der Waals surface area contributed by atoms with Crippen molar-refractivity contribution in [2.45, 2.75) is 37.4 Å². The number of pyridine rings is 1. The topological polar surface area (TPSA) is 105 Å². The van der Waals surface area contributed by atoms with Crippen LogP contribution in [0, 0.1) is 0 Å². The summed E-state index contributed by atoms with van der Waals surface area (Å²) in [6.07, 6.45) is 3.82.